The molecule has 0 fully saturated rings. The molecule has 2 atom stereocenters. The molecule has 2 aliphatic heterocycles. The lowest BCUT2D eigenvalue weighted by Crippen LogP contribution is -2.47. The molecule has 4 heterocycles. The third-order valence-corrected chi connectivity index (χ3v) is 14.8. The fourth-order valence-corrected chi connectivity index (χ4v) is 12.4. The Morgan fingerprint density at radius 3 is 1.80 bits per heavy atom. The van der Waals surface area contributed by atoms with Crippen LogP contribution in [-0.2, 0) is 9.98 Å². The van der Waals surface area contributed by atoms with Crippen LogP contribution in [0.4, 0.5) is 0 Å². The number of hydrogen-bond acceptors (Lipinski definition) is 4. The molecule has 2 aliphatic rings. The summed E-state index contributed by atoms with van der Waals surface area (Å²) in [6, 6.07) is 60.1. The molecule has 2 aromatic heterocycles. The summed E-state index contributed by atoms with van der Waals surface area (Å²) in [5.41, 5.74) is 8.40. The standard InChI is InChI=1S/C49H29O4P/c50-54(32-12-2-1-3-13-32)47-21-11-7-17-39(47)49(40-28-36-34-15-5-9-19-42(34)52-45(36)29-48(40)54)37-16-6-10-20-43(37)53-46-27-31(23-25-38(46)49)30-22-24-35-33-14-4-8-18-41(33)51-44(35)26-30/h1-29H. The lowest BCUT2D eigenvalue weighted by molar-refractivity contribution is 0.435. The highest BCUT2D eigenvalue weighted by Gasteiger charge is 2.55. The van der Waals surface area contributed by atoms with Gasteiger partial charge in [-0.3, -0.25) is 0 Å². The topological polar surface area (TPSA) is 52.6 Å². The van der Waals surface area contributed by atoms with E-state index in [-0.39, 0.29) is 0 Å². The van der Waals surface area contributed by atoms with Gasteiger partial charge in [0.2, 0.25) is 0 Å². The molecule has 0 radical (unpaired) electrons. The average molecular weight is 713 g/mol. The van der Waals surface area contributed by atoms with Gasteiger partial charge in [0.25, 0.3) is 0 Å². The first-order chi connectivity index (χ1) is 26.6. The zero-order valence-electron chi connectivity index (χ0n) is 28.8. The highest BCUT2D eigenvalue weighted by Crippen LogP contribution is 2.62. The zero-order valence-corrected chi connectivity index (χ0v) is 29.7. The lowest BCUT2D eigenvalue weighted by Gasteiger charge is -2.47. The Bertz CT molecular complexity index is 3240. The van der Waals surface area contributed by atoms with Crippen LogP contribution in [0.2, 0.25) is 0 Å². The van der Waals surface area contributed by atoms with Gasteiger partial charge in [-0.2, -0.15) is 0 Å². The van der Waals surface area contributed by atoms with Gasteiger partial charge in [-0.1, -0.05) is 127 Å². The SMILES string of the molecule is O=P1(c2ccccc2)c2ccccc2C2(c3ccccc3Oc3cc(-c4ccc5c(c4)oc4ccccc45)ccc32)c2cc3c(cc21)oc1ccccc13. The van der Waals surface area contributed by atoms with Crippen molar-refractivity contribution in [3.8, 4) is 22.6 Å². The summed E-state index contributed by atoms with van der Waals surface area (Å²) in [4.78, 5) is 0. The van der Waals surface area contributed by atoms with Gasteiger partial charge in [0.1, 0.15) is 33.8 Å². The number of rotatable bonds is 2. The molecule has 2 unspecified atom stereocenters. The first-order valence-corrected chi connectivity index (χ1v) is 19.9. The molecule has 10 aromatic rings. The van der Waals surface area contributed by atoms with Crippen molar-refractivity contribution in [1.29, 1.82) is 0 Å². The third kappa shape index (κ3) is 3.80. The Hall–Kier alpha value is -6.61. The second-order valence-corrected chi connectivity index (χ2v) is 17.0. The van der Waals surface area contributed by atoms with E-state index in [0.29, 0.717) is 0 Å². The summed E-state index contributed by atoms with van der Waals surface area (Å²) in [5.74, 6) is 1.52. The third-order valence-electron chi connectivity index (χ3n) is 11.6. The van der Waals surface area contributed by atoms with E-state index in [1.165, 1.54) is 0 Å². The maximum Gasteiger partial charge on any atom is 0.171 e. The van der Waals surface area contributed by atoms with Gasteiger partial charge in [-0.25, -0.2) is 0 Å². The summed E-state index contributed by atoms with van der Waals surface area (Å²) in [6.07, 6.45) is 0. The molecule has 0 aliphatic carbocycles. The van der Waals surface area contributed by atoms with E-state index in [1.807, 2.05) is 84.9 Å². The highest BCUT2D eigenvalue weighted by molar-refractivity contribution is 7.85. The number of para-hydroxylation sites is 3. The predicted octanol–water partition coefficient (Wildman–Crippen LogP) is 11.6. The number of hydrogen-bond donors (Lipinski definition) is 0. The van der Waals surface area contributed by atoms with Crippen molar-refractivity contribution in [3.05, 3.63) is 198 Å². The van der Waals surface area contributed by atoms with Gasteiger partial charge in [0.15, 0.2) is 7.14 Å². The fraction of sp³-hybridized carbons (Fsp3) is 0.0204. The second kappa shape index (κ2) is 10.7. The number of fused-ring (bicyclic) bond motifs is 14. The van der Waals surface area contributed by atoms with E-state index in [2.05, 4.69) is 91.0 Å². The van der Waals surface area contributed by atoms with Gasteiger partial charge in [0.05, 0.1) is 5.41 Å². The lowest BCUT2D eigenvalue weighted by atomic mass is 9.63. The van der Waals surface area contributed by atoms with Crippen molar-refractivity contribution in [1.82, 2.24) is 0 Å². The molecule has 12 rings (SSSR count). The van der Waals surface area contributed by atoms with Crippen LogP contribution in [0.3, 0.4) is 0 Å². The predicted molar refractivity (Wildman–Crippen MR) is 218 cm³/mol. The smallest absolute Gasteiger partial charge is 0.171 e. The Labute approximate surface area is 310 Å². The van der Waals surface area contributed by atoms with Crippen molar-refractivity contribution in [2.75, 3.05) is 0 Å². The molecular formula is C49H29O4P. The fourth-order valence-electron chi connectivity index (χ4n) is 9.29. The van der Waals surface area contributed by atoms with Crippen LogP contribution in [0.25, 0.3) is 55.0 Å². The Balaban J connectivity index is 1.19. The summed E-state index contributed by atoms with van der Waals surface area (Å²) < 4.78 is 36.0. The van der Waals surface area contributed by atoms with Crippen LogP contribution in [-0.4, -0.2) is 0 Å². The number of ether oxygens (including phenoxy) is 1. The molecule has 0 saturated carbocycles. The first kappa shape index (κ1) is 29.9. The monoisotopic (exact) mass is 712 g/mol. The van der Waals surface area contributed by atoms with Gasteiger partial charge in [0, 0.05) is 48.6 Å². The maximum absolute atomic E-state index is 16.3. The van der Waals surface area contributed by atoms with Gasteiger partial charge >= 0.3 is 0 Å². The average Bonchev–Trinajstić information content (AvgIpc) is 3.79. The Kier molecular flexibility index (Phi) is 5.94. The van der Waals surface area contributed by atoms with Crippen molar-refractivity contribution in [2.24, 2.45) is 0 Å². The molecule has 0 bridgehead atoms. The van der Waals surface area contributed by atoms with E-state index in [1.54, 1.807) is 0 Å². The number of benzene rings is 8. The van der Waals surface area contributed by atoms with E-state index in [0.717, 1.165) is 105 Å². The first-order valence-electron chi connectivity index (χ1n) is 18.2. The van der Waals surface area contributed by atoms with Crippen molar-refractivity contribution < 1.29 is 18.1 Å². The molecule has 0 saturated heterocycles. The van der Waals surface area contributed by atoms with Crippen LogP contribution in [0.1, 0.15) is 22.3 Å². The molecule has 5 heteroatoms. The van der Waals surface area contributed by atoms with Crippen molar-refractivity contribution in [3.63, 3.8) is 0 Å². The normalized spacial score (nSPS) is 18.4. The molecule has 8 aromatic carbocycles. The van der Waals surface area contributed by atoms with Crippen LogP contribution in [0.5, 0.6) is 11.5 Å². The second-order valence-electron chi connectivity index (χ2n) is 14.3. The largest absolute Gasteiger partial charge is 0.457 e. The molecule has 1 spiro atoms. The van der Waals surface area contributed by atoms with Crippen molar-refractivity contribution >= 4 is 66.9 Å². The van der Waals surface area contributed by atoms with Crippen LogP contribution >= 0.6 is 7.14 Å². The summed E-state index contributed by atoms with van der Waals surface area (Å²) in [5, 5.41) is 6.60. The molecule has 254 valence electrons. The van der Waals surface area contributed by atoms with Crippen LogP contribution < -0.4 is 20.7 Å². The Morgan fingerprint density at radius 1 is 0.389 bits per heavy atom. The van der Waals surface area contributed by atoms with Gasteiger partial charge in [-0.15, -0.1) is 0 Å². The molecule has 54 heavy (non-hydrogen) atoms. The molecular weight excluding hydrogens is 684 g/mol. The van der Waals surface area contributed by atoms with E-state index in [4.69, 9.17) is 13.6 Å². The summed E-state index contributed by atoms with van der Waals surface area (Å²) in [6.45, 7) is 0. The minimum Gasteiger partial charge on any atom is -0.457 e. The van der Waals surface area contributed by atoms with E-state index < -0.39 is 12.6 Å². The van der Waals surface area contributed by atoms with Crippen LogP contribution in [0.15, 0.2) is 185 Å². The van der Waals surface area contributed by atoms with Gasteiger partial charge in [-0.05, 0) is 70.8 Å². The molecule has 4 nitrogen and oxygen atoms in total. The zero-order chi connectivity index (χ0) is 35.6. The summed E-state index contributed by atoms with van der Waals surface area (Å²) >= 11 is 0. The number of furan rings is 2. The van der Waals surface area contributed by atoms with Crippen molar-refractivity contribution in [2.45, 2.75) is 5.41 Å². The molecule has 0 N–H and O–H groups in total. The quantitative estimate of drug-likeness (QED) is 0.167. The van der Waals surface area contributed by atoms with Crippen LogP contribution in [0, 0.1) is 0 Å². The highest BCUT2D eigenvalue weighted by atomic mass is 31.2. The van der Waals surface area contributed by atoms with Gasteiger partial charge < -0.3 is 18.1 Å². The molecule has 0 amide bonds. The minimum absolute atomic E-state index is 0.720. The van der Waals surface area contributed by atoms with E-state index in [9.17, 15) is 0 Å². The Morgan fingerprint density at radius 2 is 0.981 bits per heavy atom. The maximum atomic E-state index is 16.3. The van der Waals surface area contributed by atoms with E-state index >= 15 is 4.57 Å². The minimum atomic E-state index is -3.41. The summed E-state index contributed by atoms with van der Waals surface area (Å²) in [7, 11) is -3.41.